The summed E-state index contributed by atoms with van der Waals surface area (Å²) in [4.78, 5) is 17.6. The number of halogens is 1. The van der Waals surface area contributed by atoms with Crippen LogP contribution >= 0.6 is 23.4 Å². The molecule has 0 spiro atoms. The molecule has 2 aromatic carbocycles. The van der Waals surface area contributed by atoms with Crippen LogP contribution in [0.1, 0.15) is 28.5 Å². The molecule has 0 atom stereocenters. The second kappa shape index (κ2) is 6.91. The number of aryl methyl sites for hydroxylation is 1. The van der Waals surface area contributed by atoms with E-state index in [2.05, 4.69) is 4.98 Å². The van der Waals surface area contributed by atoms with E-state index in [1.54, 1.807) is 17.8 Å². The molecular formula is C19H18ClNO2S. The van der Waals surface area contributed by atoms with Gasteiger partial charge in [-0.05, 0) is 50.6 Å². The SMILES string of the molecule is CCOC(=O)c1cccc(Sc2c(C)[nH]c3cc(Cl)ccc23)c1C. The van der Waals surface area contributed by atoms with Crippen LogP contribution in [0.4, 0.5) is 0 Å². The average molecular weight is 360 g/mol. The molecule has 0 aliphatic rings. The predicted molar refractivity (Wildman–Crippen MR) is 99.3 cm³/mol. The molecule has 0 aliphatic carbocycles. The highest BCUT2D eigenvalue weighted by Gasteiger charge is 2.16. The summed E-state index contributed by atoms with van der Waals surface area (Å²) in [7, 11) is 0. The van der Waals surface area contributed by atoms with Crippen LogP contribution in [0.15, 0.2) is 46.2 Å². The molecular weight excluding hydrogens is 342 g/mol. The molecule has 0 amide bonds. The molecule has 0 unspecified atom stereocenters. The average Bonchev–Trinajstić information content (AvgIpc) is 2.84. The smallest absolute Gasteiger partial charge is 0.338 e. The van der Waals surface area contributed by atoms with E-state index in [0.29, 0.717) is 17.2 Å². The molecule has 3 nitrogen and oxygen atoms in total. The number of esters is 1. The Kier molecular flexibility index (Phi) is 4.88. The largest absolute Gasteiger partial charge is 0.462 e. The van der Waals surface area contributed by atoms with Crippen LogP contribution in [0, 0.1) is 13.8 Å². The molecule has 3 aromatic rings. The number of benzene rings is 2. The van der Waals surface area contributed by atoms with Gasteiger partial charge in [0.2, 0.25) is 0 Å². The summed E-state index contributed by atoms with van der Waals surface area (Å²) >= 11 is 7.72. The van der Waals surface area contributed by atoms with E-state index in [1.807, 2.05) is 51.1 Å². The standard InChI is InChI=1S/C19H18ClNO2S/c1-4-23-19(22)14-6-5-7-17(11(14)2)24-18-12(3)21-16-10-13(20)8-9-15(16)18/h5-10,21H,4H2,1-3H3. The van der Waals surface area contributed by atoms with Crippen molar-refractivity contribution in [3.8, 4) is 0 Å². The first-order valence-electron chi connectivity index (χ1n) is 7.73. The lowest BCUT2D eigenvalue weighted by Crippen LogP contribution is -2.07. The van der Waals surface area contributed by atoms with E-state index in [9.17, 15) is 4.79 Å². The van der Waals surface area contributed by atoms with Crippen molar-refractivity contribution in [3.05, 3.63) is 58.2 Å². The maximum absolute atomic E-state index is 12.1. The van der Waals surface area contributed by atoms with Gasteiger partial charge in [0.1, 0.15) is 0 Å². The summed E-state index contributed by atoms with van der Waals surface area (Å²) in [6.45, 7) is 6.18. The van der Waals surface area contributed by atoms with Crippen molar-refractivity contribution in [3.63, 3.8) is 0 Å². The van der Waals surface area contributed by atoms with E-state index >= 15 is 0 Å². The highest BCUT2D eigenvalue weighted by Crippen LogP contribution is 2.39. The lowest BCUT2D eigenvalue weighted by Gasteiger charge is -2.10. The lowest BCUT2D eigenvalue weighted by molar-refractivity contribution is 0.0525. The highest BCUT2D eigenvalue weighted by atomic mass is 35.5. The molecule has 0 fully saturated rings. The number of hydrogen-bond donors (Lipinski definition) is 1. The Labute approximate surface area is 150 Å². The van der Waals surface area contributed by atoms with Gasteiger partial charge in [-0.3, -0.25) is 0 Å². The molecule has 24 heavy (non-hydrogen) atoms. The van der Waals surface area contributed by atoms with Crippen LogP contribution in [0.2, 0.25) is 5.02 Å². The Bertz CT molecular complexity index is 917. The van der Waals surface area contributed by atoms with E-state index < -0.39 is 0 Å². The monoisotopic (exact) mass is 359 g/mol. The Hall–Kier alpha value is -1.91. The van der Waals surface area contributed by atoms with Crippen LogP contribution in [0.5, 0.6) is 0 Å². The molecule has 124 valence electrons. The number of aromatic amines is 1. The topological polar surface area (TPSA) is 42.1 Å². The van der Waals surface area contributed by atoms with Crippen LogP contribution in [0.3, 0.4) is 0 Å². The van der Waals surface area contributed by atoms with Crippen LogP contribution in [0.25, 0.3) is 10.9 Å². The summed E-state index contributed by atoms with van der Waals surface area (Å²) in [5.74, 6) is -0.278. The minimum absolute atomic E-state index is 0.278. The number of nitrogens with one attached hydrogen (secondary N) is 1. The first kappa shape index (κ1) is 16.9. The molecule has 3 rings (SSSR count). The summed E-state index contributed by atoms with van der Waals surface area (Å²) in [5, 5.41) is 1.84. The van der Waals surface area contributed by atoms with Crippen molar-refractivity contribution < 1.29 is 9.53 Å². The Morgan fingerprint density at radius 1 is 1.25 bits per heavy atom. The summed E-state index contributed by atoms with van der Waals surface area (Å²) < 4.78 is 5.14. The first-order chi connectivity index (χ1) is 11.5. The van der Waals surface area contributed by atoms with Gasteiger partial charge in [-0.25, -0.2) is 4.79 Å². The Morgan fingerprint density at radius 3 is 2.79 bits per heavy atom. The minimum Gasteiger partial charge on any atom is -0.462 e. The number of H-pyrrole nitrogens is 1. The Morgan fingerprint density at radius 2 is 2.04 bits per heavy atom. The molecule has 0 saturated carbocycles. The lowest BCUT2D eigenvalue weighted by atomic mass is 10.1. The third kappa shape index (κ3) is 3.17. The third-order valence-corrected chi connectivity index (χ3v) is 5.51. The predicted octanol–water partition coefficient (Wildman–Crippen LogP) is 5.77. The van der Waals surface area contributed by atoms with E-state index in [0.717, 1.165) is 32.0 Å². The fourth-order valence-electron chi connectivity index (χ4n) is 2.68. The third-order valence-electron chi connectivity index (χ3n) is 3.88. The summed E-state index contributed by atoms with van der Waals surface area (Å²) in [6.07, 6.45) is 0. The van der Waals surface area contributed by atoms with Gasteiger partial charge in [0, 0.05) is 31.4 Å². The van der Waals surface area contributed by atoms with Crippen molar-refractivity contribution in [1.82, 2.24) is 4.98 Å². The van der Waals surface area contributed by atoms with Gasteiger partial charge in [0.15, 0.2) is 0 Å². The molecule has 0 radical (unpaired) electrons. The molecule has 0 saturated heterocycles. The second-order valence-corrected chi connectivity index (χ2v) is 7.01. The van der Waals surface area contributed by atoms with Crippen molar-refractivity contribution in [2.45, 2.75) is 30.6 Å². The zero-order valence-electron chi connectivity index (χ0n) is 13.8. The number of fused-ring (bicyclic) bond motifs is 1. The van der Waals surface area contributed by atoms with E-state index in [1.165, 1.54) is 0 Å². The maximum Gasteiger partial charge on any atom is 0.338 e. The zero-order chi connectivity index (χ0) is 17.3. The van der Waals surface area contributed by atoms with Gasteiger partial charge in [0.25, 0.3) is 0 Å². The molecule has 1 N–H and O–H groups in total. The molecule has 1 aromatic heterocycles. The van der Waals surface area contributed by atoms with Gasteiger partial charge >= 0.3 is 5.97 Å². The number of hydrogen-bond acceptors (Lipinski definition) is 3. The normalized spacial score (nSPS) is 11.0. The summed E-state index contributed by atoms with van der Waals surface area (Å²) in [5.41, 5.74) is 3.64. The zero-order valence-corrected chi connectivity index (χ0v) is 15.3. The molecule has 5 heteroatoms. The van der Waals surface area contributed by atoms with Gasteiger partial charge in [-0.1, -0.05) is 35.5 Å². The number of rotatable bonds is 4. The molecule has 1 heterocycles. The van der Waals surface area contributed by atoms with Crippen molar-refractivity contribution in [2.75, 3.05) is 6.61 Å². The minimum atomic E-state index is -0.278. The summed E-state index contributed by atoms with van der Waals surface area (Å²) in [6, 6.07) is 11.6. The van der Waals surface area contributed by atoms with Crippen molar-refractivity contribution >= 4 is 40.2 Å². The van der Waals surface area contributed by atoms with Gasteiger partial charge in [0.05, 0.1) is 12.2 Å². The van der Waals surface area contributed by atoms with E-state index in [4.69, 9.17) is 16.3 Å². The quantitative estimate of drug-likeness (QED) is 0.601. The second-order valence-electron chi connectivity index (χ2n) is 5.52. The highest BCUT2D eigenvalue weighted by molar-refractivity contribution is 7.99. The van der Waals surface area contributed by atoms with Gasteiger partial charge in [-0.15, -0.1) is 0 Å². The number of carbonyl (C=O) groups excluding carboxylic acids is 1. The Balaban J connectivity index is 2.02. The van der Waals surface area contributed by atoms with Crippen molar-refractivity contribution in [2.24, 2.45) is 0 Å². The maximum atomic E-state index is 12.1. The fourth-order valence-corrected chi connectivity index (χ4v) is 3.97. The van der Waals surface area contributed by atoms with Crippen LogP contribution in [-0.4, -0.2) is 17.6 Å². The molecule has 0 bridgehead atoms. The van der Waals surface area contributed by atoms with Crippen LogP contribution in [-0.2, 0) is 4.74 Å². The fraction of sp³-hybridized carbons (Fsp3) is 0.211. The number of ether oxygens (including phenoxy) is 1. The van der Waals surface area contributed by atoms with Crippen LogP contribution < -0.4 is 0 Å². The van der Waals surface area contributed by atoms with E-state index in [-0.39, 0.29) is 5.97 Å². The molecule has 0 aliphatic heterocycles. The first-order valence-corrected chi connectivity index (χ1v) is 8.93. The number of carbonyl (C=O) groups is 1. The van der Waals surface area contributed by atoms with Crippen molar-refractivity contribution in [1.29, 1.82) is 0 Å². The number of aromatic nitrogens is 1. The van der Waals surface area contributed by atoms with Gasteiger partial charge in [-0.2, -0.15) is 0 Å². The van der Waals surface area contributed by atoms with Gasteiger partial charge < -0.3 is 9.72 Å².